The van der Waals surface area contributed by atoms with Crippen molar-refractivity contribution in [3.05, 3.63) is 95.4 Å². The Balaban J connectivity index is 1.47. The molecule has 0 bridgehead atoms. The van der Waals surface area contributed by atoms with E-state index in [4.69, 9.17) is 0 Å². The molecule has 4 aromatic carbocycles. The first-order valence-electron chi connectivity index (χ1n) is 9.02. The zero-order valence-corrected chi connectivity index (χ0v) is 15.7. The van der Waals surface area contributed by atoms with E-state index in [9.17, 15) is 4.79 Å². The van der Waals surface area contributed by atoms with Crippen molar-refractivity contribution in [2.24, 2.45) is 4.99 Å². The molecule has 0 saturated carbocycles. The molecular formula is C24H16N2OS. The van der Waals surface area contributed by atoms with Crippen LogP contribution >= 0.6 is 11.8 Å². The van der Waals surface area contributed by atoms with Crippen molar-refractivity contribution >= 4 is 56.1 Å². The molecule has 0 aliphatic carbocycles. The molecule has 134 valence electrons. The summed E-state index contributed by atoms with van der Waals surface area (Å²) < 4.78 is 0. The number of aliphatic imine (C=N–C) groups is 1. The minimum absolute atomic E-state index is 0.113. The predicted molar refractivity (Wildman–Crippen MR) is 119 cm³/mol. The van der Waals surface area contributed by atoms with Crippen molar-refractivity contribution in [2.75, 3.05) is 0 Å². The van der Waals surface area contributed by atoms with E-state index in [1.54, 1.807) is 0 Å². The van der Waals surface area contributed by atoms with Gasteiger partial charge in [-0.25, -0.2) is 4.99 Å². The van der Waals surface area contributed by atoms with Crippen LogP contribution in [-0.2, 0) is 4.79 Å². The van der Waals surface area contributed by atoms with Crippen LogP contribution in [0.2, 0.25) is 0 Å². The maximum atomic E-state index is 12.4. The fraction of sp³-hybridized carbons (Fsp3) is 0. The number of rotatable bonds is 2. The number of amidine groups is 1. The smallest absolute Gasteiger partial charge is 0.264 e. The Hall–Kier alpha value is -3.37. The van der Waals surface area contributed by atoms with Crippen molar-refractivity contribution in [2.45, 2.75) is 0 Å². The second kappa shape index (κ2) is 6.98. The number of benzene rings is 4. The first-order valence-corrected chi connectivity index (χ1v) is 9.84. The second-order valence-corrected chi connectivity index (χ2v) is 7.61. The fourth-order valence-corrected chi connectivity index (χ4v) is 4.19. The zero-order chi connectivity index (χ0) is 18.9. The van der Waals surface area contributed by atoms with E-state index in [0.29, 0.717) is 10.1 Å². The molecule has 28 heavy (non-hydrogen) atoms. The molecule has 1 saturated heterocycles. The standard InChI is InChI=1S/C24H16N2OS/c27-23-22(15-19-10-5-9-17-7-3-4-11-21(17)19)28-24(26-23)25-20-13-12-16-6-1-2-8-18(16)14-20/h1-15H,(H,25,26,27)/b22-15+. The molecule has 4 heteroatoms. The van der Waals surface area contributed by atoms with Crippen molar-refractivity contribution in [3.8, 4) is 0 Å². The minimum Gasteiger partial charge on any atom is -0.300 e. The lowest BCUT2D eigenvalue weighted by molar-refractivity contribution is -0.115. The summed E-state index contributed by atoms with van der Waals surface area (Å²) in [6, 6.07) is 28.5. The van der Waals surface area contributed by atoms with Gasteiger partial charge in [0.15, 0.2) is 5.17 Å². The van der Waals surface area contributed by atoms with Crippen LogP contribution in [0.25, 0.3) is 27.6 Å². The number of nitrogens with zero attached hydrogens (tertiary/aromatic N) is 1. The Bertz CT molecular complexity index is 1280. The SMILES string of the molecule is O=C1NC(=Nc2ccc3ccccc3c2)S/C1=C/c1cccc2ccccc12. The van der Waals surface area contributed by atoms with Gasteiger partial charge >= 0.3 is 0 Å². The van der Waals surface area contributed by atoms with Crippen molar-refractivity contribution in [1.82, 2.24) is 5.32 Å². The first-order chi connectivity index (χ1) is 13.8. The fourth-order valence-electron chi connectivity index (χ4n) is 3.36. The molecule has 1 fully saturated rings. The maximum Gasteiger partial charge on any atom is 0.264 e. The maximum absolute atomic E-state index is 12.4. The van der Waals surface area contributed by atoms with Gasteiger partial charge in [0.2, 0.25) is 0 Å². The zero-order valence-electron chi connectivity index (χ0n) is 14.9. The minimum atomic E-state index is -0.113. The quantitative estimate of drug-likeness (QED) is 0.441. The lowest BCUT2D eigenvalue weighted by Crippen LogP contribution is -2.19. The Morgan fingerprint density at radius 3 is 2.43 bits per heavy atom. The molecule has 5 rings (SSSR count). The highest BCUT2D eigenvalue weighted by molar-refractivity contribution is 8.18. The highest BCUT2D eigenvalue weighted by Crippen LogP contribution is 2.30. The monoisotopic (exact) mass is 380 g/mol. The number of hydrogen-bond donors (Lipinski definition) is 1. The molecule has 3 nitrogen and oxygen atoms in total. The highest BCUT2D eigenvalue weighted by Gasteiger charge is 2.24. The summed E-state index contributed by atoms with van der Waals surface area (Å²) in [6.07, 6.45) is 1.94. The number of carbonyl (C=O) groups is 1. The summed E-state index contributed by atoms with van der Waals surface area (Å²) in [6.45, 7) is 0. The van der Waals surface area contributed by atoms with Gasteiger partial charge in [0, 0.05) is 0 Å². The summed E-state index contributed by atoms with van der Waals surface area (Å²) in [5.74, 6) is -0.113. The van der Waals surface area contributed by atoms with Gasteiger partial charge in [-0.3, -0.25) is 4.79 Å². The Kier molecular flexibility index (Phi) is 4.18. The summed E-state index contributed by atoms with van der Waals surface area (Å²) in [5.41, 5.74) is 1.86. The summed E-state index contributed by atoms with van der Waals surface area (Å²) in [5, 5.41) is 8.07. The van der Waals surface area contributed by atoms with E-state index in [1.807, 2.05) is 60.7 Å². The van der Waals surface area contributed by atoms with Crippen LogP contribution in [0, 0.1) is 0 Å². The molecule has 4 aromatic rings. The van der Waals surface area contributed by atoms with Crippen LogP contribution in [-0.4, -0.2) is 11.1 Å². The third-order valence-corrected chi connectivity index (χ3v) is 5.63. The molecule has 0 spiro atoms. The molecule has 1 heterocycles. The average Bonchev–Trinajstić information content (AvgIpc) is 3.07. The van der Waals surface area contributed by atoms with Gasteiger partial charge in [-0.15, -0.1) is 0 Å². The lowest BCUT2D eigenvalue weighted by atomic mass is 10.0. The topological polar surface area (TPSA) is 41.5 Å². The number of carbonyl (C=O) groups excluding carboxylic acids is 1. The van der Waals surface area contributed by atoms with Gasteiger partial charge in [0.25, 0.3) is 5.91 Å². The predicted octanol–water partition coefficient (Wildman–Crippen LogP) is 5.88. The van der Waals surface area contributed by atoms with Crippen LogP contribution in [0.4, 0.5) is 5.69 Å². The number of amides is 1. The highest BCUT2D eigenvalue weighted by atomic mass is 32.2. The molecular weight excluding hydrogens is 364 g/mol. The normalized spacial score (nSPS) is 16.9. The van der Waals surface area contributed by atoms with Gasteiger partial charge < -0.3 is 5.32 Å². The first kappa shape index (κ1) is 16.8. The Morgan fingerprint density at radius 2 is 1.54 bits per heavy atom. The van der Waals surface area contributed by atoms with E-state index in [-0.39, 0.29) is 5.91 Å². The third kappa shape index (κ3) is 3.19. The van der Waals surface area contributed by atoms with Crippen LogP contribution < -0.4 is 5.32 Å². The van der Waals surface area contributed by atoms with Crippen LogP contribution in [0.1, 0.15) is 5.56 Å². The van der Waals surface area contributed by atoms with E-state index < -0.39 is 0 Å². The summed E-state index contributed by atoms with van der Waals surface area (Å²) in [7, 11) is 0. The van der Waals surface area contributed by atoms with Crippen LogP contribution in [0.3, 0.4) is 0 Å². The van der Waals surface area contributed by atoms with E-state index in [1.165, 1.54) is 17.1 Å². The molecule has 0 unspecified atom stereocenters. The number of fused-ring (bicyclic) bond motifs is 2. The Morgan fingerprint density at radius 1 is 0.786 bits per heavy atom. The van der Waals surface area contributed by atoms with E-state index in [2.05, 4.69) is 40.6 Å². The average molecular weight is 380 g/mol. The largest absolute Gasteiger partial charge is 0.300 e. The molecule has 0 aromatic heterocycles. The van der Waals surface area contributed by atoms with Crippen molar-refractivity contribution in [1.29, 1.82) is 0 Å². The molecule has 1 aliphatic rings. The lowest BCUT2D eigenvalue weighted by Gasteiger charge is -2.02. The molecule has 0 atom stereocenters. The number of hydrogen-bond acceptors (Lipinski definition) is 3. The van der Waals surface area contributed by atoms with Gasteiger partial charge in [-0.05, 0) is 57.1 Å². The van der Waals surface area contributed by atoms with Gasteiger partial charge in [-0.2, -0.15) is 0 Å². The molecule has 0 radical (unpaired) electrons. The number of nitrogens with one attached hydrogen (secondary N) is 1. The Labute approximate surface area is 166 Å². The van der Waals surface area contributed by atoms with E-state index >= 15 is 0 Å². The summed E-state index contributed by atoms with van der Waals surface area (Å²) in [4.78, 5) is 17.7. The van der Waals surface area contributed by atoms with Crippen LogP contribution in [0.15, 0.2) is 94.8 Å². The van der Waals surface area contributed by atoms with E-state index in [0.717, 1.165) is 27.4 Å². The molecule has 1 aliphatic heterocycles. The van der Waals surface area contributed by atoms with Crippen LogP contribution in [0.5, 0.6) is 0 Å². The molecule has 1 amide bonds. The second-order valence-electron chi connectivity index (χ2n) is 6.58. The number of thioether (sulfide) groups is 1. The third-order valence-electron chi connectivity index (χ3n) is 4.72. The van der Waals surface area contributed by atoms with Gasteiger partial charge in [-0.1, -0.05) is 72.8 Å². The van der Waals surface area contributed by atoms with Gasteiger partial charge in [0.05, 0.1) is 10.6 Å². The van der Waals surface area contributed by atoms with Crippen molar-refractivity contribution < 1.29 is 4.79 Å². The summed E-state index contributed by atoms with van der Waals surface area (Å²) >= 11 is 1.37. The van der Waals surface area contributed by atoms with Crippen molar-refractivity contribution in [3.63, 3.8) is 0 Å². The van der Waals surface area contributed by atoms with Gasteiger partial charge in [0.1, 0.15) is 0 Å². The molecule has 1 N–H and O–H groups in total.